The Hall–Kier alpha value is -2.06. The number of anilines is 2. The fourth-order valence-corrected chi connectivity index (χ4v) is 5.23. The molecule has 0 atom stereocenters. The van der Waals surface area contributed by atoms with Crippen molar-refractivity contribution in [3.05, 3.63) is 39.6 Å². The van der Waals surface area contributed by atoms with Crippen LogP contribution in [0.25, 0.3) is 0 Å². The molecule has 2 N–H and O–H groups in total. The van der Waals surface area contributed by atoms with Crippen molar-refractivity contribution in [3.63, 3.8) is 0 Å². The molecule has 1 aliphatic rings. The number of hydrogen-bond acceptors (Lipinski definition) is 5. The lowest BCUT2D eigenvalue weighted by molar-refractivity contribution is 0.102. The number of carbonyl (C=O) groups is 1. The highest BCUT2D eigenvalue weighted by Gasteiger charge is 2.29. The predicted octanol–water partition coefficient (Wildman–Crippen LogP) is 2.86. The maximum Gasteiger partial charge on any atom is 0.256 e. The third-order valence-corrected chi connectivity index (χ3v) is 6.74. The summed E-state index contributed by atoms with van der Waals surface area (Å²) < 4.78 is 25.4. The first kappa shape index (κ1) is 16.8. The average Bonchev–Trinajstić information content (AvgIpc) is 3.02. The molecular formula is C16H18N2O4S2. The van der Waals surface area contributed by atoms with Crippen LogP contribution in [0, 0.1) is 13.8 Å². The Morgan fingerprint density at radius 3 is 2.62 bits per heavy atom. The van der Waals surface area contributed by atoms with Crippen molar-refractivity contribution >= 4 is 38.6 Å². The molecule has 128 valence electrons. The van der Waals surface area contributed by atoms with E-state index < -0.39 is 10.0 Å². The van der Waals surface area contributed by atoms with Crippen LogP contribution in [0.15, 0.2) is 24.3 Å². The summed E-state index contributed by atoms with van der Waals surface area (Å²) in [6.07, 6.45) is 0.568. The van der Waals surface area contributed by atoms with E-state index in [9.17, 15) is 18.3 Å². The SMILES string of the molecule is Cc1cc(C(=O)Nc2cc(N3CCCS3(=O)=O)ccc2O)c(C)s1. The van der Waals surface area contributed by atoms with E-state index >= 15 is 0 Å². The van der Waals surface area contributed by atoms with Gasteiger partial charge in [0.25, 0.3) is 5.91 Å². The molecular weight excluding hydrogens is 348 g/mol. The molecule has 0 unspecified atom stereocenters. The Kier molecular flexibility index (Phi) is 4.27. The van der Waals surface area contributed by atoms with Crippen LogP contribution in [0.1, 0.15) is 26.5 Å². The number of hydrogen-bond donors (Lipinski definition) is 2. The number of phenols is 1. The summed E-state index contributed by atoms with van der Waals surface area (Å²) in [6, 6.07) is 6.21. The molecule has 24 heavy (non-hydrogen) atoms. The van der Waals surface area contributed by atoms with Gasteiger partial charge >= 0.3 is 0 Å². The van der Waals surface area contributed by atoms with Crippen molar-refractivity contribution in [1.82, 2.24) is 0 Å². The molecule has 1 aromatic heterocycles. The minimum absolute atomic E-state index is 0.103. The number of phenolic OH excluding ortho intramolecular Hbond substituents is 1. The summed E-state index contributed by atoms with van der Waals surface area (Å²) >= 11 is 1.52. The molecule has 0 radical (unpaired) electrons. The molecule has 1 aliphatic heterocycles. The van der Waals surface area contributed by atoms with Gasteiger partial charge in [0, 0.05) is 16.3 Å². The lowest BCUT2D eigenvalue weighted by Gasteiger charge is -2.18. The first-order chi connectivity index (χ1) is 11.3. The van der Waals surface area contributed by atoms with E-state index in [2.05, 4.69) is 5.32 Å². The number of rotatable bonds is 3. The summed E-state index contributed by atoms with van der Waals surface area (Å²) in [5.41, 5.74) is 1.19. The highest BCUT2D eigenvalue weighted by Crippen LogP contribution is 2.32. The van der Waals surface area contributed by atoms with E-state index in [0.29, 0.717) is 24.2 Å². The van der Waals surface area contributed by atoms with Crippen LogP contribution < -0.4 is 9.62 Å². The monoisotopic (exact) mass is 366 g/mol. The van der Waals surface area contributed by atoms with E-state index in [0.717, 1.165) is 9.75 Å². The van der Waals surface area contributed by atoms with Crippen LogP contribution in [-0.4, -0.2) is 31.7 Å². The Labute approximate surface area is 144 Å². The van der Waals surface area contributed by atoms with Gasteiger partial charge in [-0.2, -0.15) is 0 Å². The first-order valence-electron chi connectivity index (χ1n) is 7.50. The number of benzene rings is 1. The zero-order chi connectivity index (χ0) is 17.5. The smallest absolute Gasteiger partial charge is 0.256 e. The van der Waals surface area contributed by atoms with Crippen molar-refractivity contribution < 1.29 is 18.3 Å². The Balaban J connectivity index is 1.90. The number of carbonyl (C=O) groups excluding carboxylic acids is 1. The molecule has 1 fully saturated rings. The number of aryl methyl sites for hydroxylation is 2. The molecule has 6 nitrogen and oxygen atoms in total. The van der Waals surface area contributed by atoms with E-state index in [1.165, 1.54) is 33.8 Å². The van der Waals surface area contributed by atoms with Gasteiger partial charge in [-0.15, -0.1) is 11.3 Å². The lowest BCUT2D eigenvalue weighted by Crippen LogP contribution is -2.25. The molecule has 3 rings (SSSR count). The third-order valence-electron chi connectivity index (χ3n) is 3.90. The molecule has 1 aromatic carbocycles. The van der Waals surface area contributed by atoms with Crippen molar-refractivity contribution in [2.45, 2.75) is 20.3 Å². The second-order valence-electron chi connectivity index (χ2n) is 5.72. The molecule has 1 amide bonds. The van der Waals surface area contributed by atoms with Crippen LogP contribution >= 0.6 is 11.3 Å². The van der Waals surface area contributed by atoms with Crippen molar-refractivity contribution in [2.24, 2.45) is 0 Å². The molecule has 1 saturated heterocycles. The normalized spacial score (nSPS) is 16.3. The molecule has 2 heterocycles. The number of nitrogens with zero attached hydrogens (tertiary/aromatic N) is 1. The number of sulfonamides is 1. The van der Waals surface area contributed by atoms with Gasteiger partial charge in [0.2, 0.25) is 10.0 Å². The Morgan fingerprint density at radius 1 is 1.29 bits per heavy atom. The summed E-state index contributed by atoms with van der Waals surface area (Å²) in [4.78, 5) is 14.3. The molecule has 0 bridgehead atoms. The van der Waals surface area contributed by atoms with Gasteiger partial charge in [-0.05, 0) is 44.5 Å². The van der Waals surface area contributed by atoms with Gasteiger partial charge in [-0.25, -0.2) is 8.42 Å². The van der Waals surface area contributed by atoms with Crippen molar-refractivity contribution in [2.75, 3.05) is 21.9 Å². The van der Waals surface area contributed by atoms with Crippen molar-refractivity contribution in [3.8, 4) is 5.75 Å². The zero-order valence-corrected chi connectivity index (χ0v) is 15.0. The summed E-state index contributed by atoms with van der Waals surface area (Å²) in [7, 11) is -3.31. The lowest BCUT2D eigenvalue weighted by atomic mass is 10.2. The van der Waals surface area contributed by atoms with Gasteiger partial charge in [0.15, 0.2) is 0 Å². The summed E-state index contributed by atoms with van der Waals surface area (Å²) in [5.74, 6) is -0.315. The first-order valence-corrected chi connectivity index (χ1v) is 9.92. The van der Waals surface area contributed by atoms with Crippen LogP contribution in [0.2, 0.25) is 0 Å². The number of aromatic hydroxyl groups is 1. The molecule has 0 aliphatic carbocycles. The zero-order valence-electron chi connectivity index (χ0n) is 13.4. The average molecular weight is 366 g/mol. The molecule has 2 aromatic rings. The Morgan fingerprint density at radius 2 is 2.04 bits per heavy atom. The molecule has 0 spiro atoms. The van der Waals surface area contributed by atoms with Gasteiger partial charge in [-0.3, -0.25) is 9.10 Å². The van der Waals surface area contributed by atoms with Crippen LogP contribution in [-0.2, 0) is 10.0 Å². The topological polar surface area (TPSA) is 86.7 Å². The van der Waals surface area contributed by atoms with E-state index in [1.54, 1.807) is 6.07 Å². The van der Waals surface area contributed by atoms with E-state index in [4.69, 9.17) is 0 Å². The van der Waals surface area contributed by atoms with Crippen LogP contribution in [0.4, 0.5) is 11.4 Å². The highest BCUT2D eigenvalue weighted by atomic mass is 32.2. The maximum absolute atomic E-state index is 12.4. The number of nitrogens with one attached hydrogen (secondary N) is 1. The highest BCUT2D eigenvalue weighted by molar-refractivity contribution is 7.93. The Bertz CT molecular complexity index is 903. The second kappa shape index (κ2) is 6.10. The molecule has 0 saturated carbocycles. The van der Waals surface area contributed by atoms with Gasteiger partial charge in [0.05, 0.1) is 22.7 Å². The largest absolute Gasteiger partial charge is 0.506 e. The second-order valence-corrected chi connectivity index (χ2v) is 9.20. The van der Waals surface area contributed by atoms with E-state index in [-0.39, 0.29) is 23.1 Å². The van der Waals surface area contributed by atoms with Gasteiger partial charge in [0.1, 0.15) is 5.75 Å². The summed E-state index contributed by atoms with van der Waals surface area (Å²) in [6.45, 7) is 4.19. The van der Waals surface area contributed by atoms with E-state index in [1.807, 2.05) is 13.8 Å². The fraction of sp³-hybridized carbons (Fsp3) is 0.312. The predicted molar refractivity (Wildman–Crippen MR) is 95.6 cm³/mol. The quantitative estimate of drug-likeness (QED) is 0.818. The maximum atomic E-state index is 12.4. The van der Waals surface area contributed by atoms with Gasteiger partial charge in [-0.1, -0.05) is 0 Å². The van der Waals surface area contributed by atoms with Crippen LogP contribution in [0.3, 0.4) is 0 Å². The number of amides is 1. The minimum atomic E-state index is -3.31. The number of thiophene rings is 1. The minimum Gasteiger partial charge on any atom is -0.506 e. The molecule has 8 heteroatoms. The standard InChI is InChI=1S/C16H18N2O4S2/c1-10-8-13(11(2)23-10)16(20)17-14-9-12(4-5-15(14)19)18-6-3-7-24(18,21)22/h4-5,8-9,19H,3,6-7H2,1-2H3,(H,17,20). The van der Waals surface area contributed by atoms with Crippen LogP contribution in [0.5, 0.6) is 5.75 Å². The summed E-state index contributed by atoms with van der Waals surface area (Å²) in [5, 5.41) is 12.7. The third kappa shape index (κ3) is 3.11. The van der Waals surface area contributed by atoms with Gasteiger partial charge < -0.3 is 10.4 Å². The van der Waals surface area contributed by atoms with Crippen molar-refractivity contribution in [1.29, 1.82) is 0 Å². The fourth-order valence-electron chi connectivity index (χ4n) is 2.75.